The molecular formula is C61H58N4. The van der Waals surface area contributed by atoms with Crippen molar-refractivity contribution < 1.29 is 0 Å². The van der Waals surface area contributed by atoms with Gasteiger partial charge in [0.25, 0.3) is 0 Å². The highest BCUT2D eigenvalue weighted by Gasteiger charge is 2.22. The van der Waals surface area contributed by atoms with Crippen molar-refractivity contribution in [2.75, 3.05) is 0 Å². The average Bonchev–Trinajstić information content (AvgIpc) is 4.07. The smallest absolute Gasteiger partial charge is 0.0518 e. The van der Waals surface area contributed by atoms with E-state index in [1.807, 2.05) is 0 Å². The Labute approximate surface area is 382 Å². The summed E-state index contributed by atoms with van der Waals surface area (Å²) in [5.41, 5.74) is 27.3. The lowest BCUT2D eigenvalue weighted by Crippen LogP contribution is -2.19. The molecule has 0 unspecified atom stereocenters. The fourth-order valence-electron chi connectivity index (χ4n) is 10.4. The van der Waals surface area contributed by atoms with Crippen LogP contribution in [-0.2, 0) is 12.8 Å². The van der Waals surface area contributed by atoms with Gasteiger partial charge in [-0.1, -0.05) is 147 Å². The maximum Gasteiger partial charge on any atom is 0.0518 e. The maximum atomic E-state index is 4.16. The largest absolute Gasteiger partial charge is 0.354 e. The Bertz CT molecular complexity index is 3490. The Hall–Kier alpha value is -7.30. The molecule has 4 nitrogen and oxygen atoms in total. The summed E-state index contributed by atoms with van der Waals surface area (Å²) in [6, 6.07) is 52.7. The van der Waals surface area contributed by atoms with E-state index in [4.69, 9.17) is 0 Å². The summed E-state index contributed by atoms with van der Waals surface area (Å²) in [5, 5.41) is 4.23. The van der Waals surface area contributed by atoms with E-state index >= 15 is 0 Å². The van der Waals surface area contributed by atoms with Crippen molar-refractivity contribution in [2.24, 2.45) is 0 Å². The zero-order valence-electron chi connectivity index (χ0n) is 39.2. The van der Waals surface area contributed by atoms with Crippen molar-refractivity contribution in [2.45, 2.75) is 75.2 Å². The lowest BCUT2D eigenvalue weighted by atomic mass is 9.94. The molecule has 1 aliphatic rings. The van der Waals surface area contributed by atoms with Crippen LogP contribution in [0.15, 0.2) is 140 Å². The van der Waals surface area contributed by atoms with Crippen LogP contribution in [0.5, 0.6) is 0 Å². The van der Waals surface area contributed by atoms with E-state index in [0.717, 1.165) is 79.3 Å². The van der Waals surface area contributed by atoms with Gasteiger partial charge >= 0.3 is 0 Å². The number of H-pyrrole nitrogens is 4. The van der Waals surface area contributed by atoms with E-state index in [2.05, 4.69) is 222 Å². The maximum absolute atomic E-state index is 4.16. The number of hydrogen-bond donors (Lipinski definition) is 4. The SMILES string of the molecule is Cc1ccc(CCc2cc3[nH]c2C(c2cc(C)cc(C)c2)=c2ccc([nH]2)=C(c2cc(C)cc(C)c2)c2ccc([nH]2)C(c2cc(C)cc(C)c2)=c2ccc([nH]2)=C3c2cc(C)cc(C)c2)cc1. The van der Waals surface area contributed by atoms with Crippen LogP contribution in [0.25, 0.3) is 22.3 Å². The number of benzene rings is 5. The Balaban J connectivity index is 1.38. The van der Waals surface area contributed by atoms with Crippen LogP contribution < -0.4 is 21.4 Å². The molecule has 0 spiro atoms. The second-order valence-electron chi connectivity index (χ2n) is 18.9. The standard InChI is InChI=1S/C61H58N4/c1-35-10-12-44(13-11-35)14-15-45-34-56-59(48-30-40(6)24-41(7)31-48)54-19-18-52(63-54)57(46-26-36(2)22-37(3)27-46)50-16-17-51(62-50)58(47-28-38(4)23-39(5)29-47)53-20-21-55(64-53)60(61(45)65-56)49-32-42(8)25-43(9)33-49/h10-13,16-34,62-65H,14-15H2,1-9H3. The number of nitrogens with one attached hydrogen (secondary N) is 4. The molecule has 1 aliphatic heterocycles. The molecule has 0 saturated carbocycles. The fraction of sp³-hybridized carbons (Fsp3) is 0.180. The molecule has 8 bridgehead atoms. The monoisotopic (exact) mass is 846 g/mol. The second kappa shape index (κ2) is 16.7. The first-order chi connectivity index (χ1) is 31.3. The van der Waals surface area contributed by atoms with Crippen LogP contribution in [-0.4, -0.2) is 19.9 Å². The van der Waals surface area contributed by atoms with Crippen molar-refractivity contribution in [1.82, 2.24) is 19.9 Å². The third kappa shape index (κ3) is 8.33. The van der Waals surface area contributed by atoms with Crippen LogP contribution in [0.3, 0.4) is 0 Å². The van der Waals surface area contributed by atoms with Gasteiger partial charge in [-0.05, 0) is 151 Å². The predicted molar refractivity (Wildman–Crippen MR) is 270 cm³/mol. The molecule has 0 saturated heterocycles. The van der Waals surface area contributed by atoms with E-state index in [-0.39, 0.29) is 0 Å². The van der Waals surface area contributed by atoms with Crippen LogP contribution in [0.4, 0.5) is 0 Å². The van der Waals surface area contributed by atoms with Crippen LogP contribution in [0.2, 0.25) is 0 Å². The zero-order valence-corrected chi connectivity index (χ0v) is 39.2. The summed E-state index contributed by atoms with van der Waals surface area (Å²) >= 11 is 0. The Kier molecular flexibility index (Phi) is 10.7. The summed E-state index contributed by atoms with van der Waals surface area (Å²) in [7, 11) is 0. The lowest BCUT2D eigenvalue weighted by Gasteiger charge is -2.13. The number of fused-ring (bicyclic) bond motifs is 8. The highest BCUT2D eigenvalue weighted by Crippen LogP contribution is 2.33. The van der Waals surface area contributed by atoms with E-state index in [1.165, 1.54) is 83.5 Å². The molecule has 5 aromatic carbocycles. The van der Waals surface area contributed by atoms with Gasteiger partial charge in [0.1, 0.15) is 0 Å². The van der Waals surface area contributed by atoms with Gasteiger partial charge in [-0.15, -0.1) is 0 Å². The molecule has 4 aromatic heterocycles. The van der Waals surface area contributed by atoms with Gasteiger partial charge in [0.15, 0.2) is 0 Å². The number of hydrogen-bond acceptors (Lipinski definition) is 0. The summed E-state index contributed by atoms with van der Waals surface area (Å²) in [6.45, 7) is 19.7. The Morgan fingerprint density at radius 2 is 0.631 bits per heavy atom. The van der Waals surface area contributed by atoms with E-state index in [1.54, 1.807) is 0 Å². The first kappa shape index (κ1) is 41.7. The fourth-order valence-corrected chi connectivity index (χ4v) is 10.4. The number of aryl methyl sites for hydroxylation is 11. The van der Waals surface area contributed by atoms with Crippen LogP contribution in [0, 0.1) is 62.3 Å². The van der Waals surface area contributed by atoms with Gasteiger partial charge in [-0.25, -0.2) is 0 Å². The van der Waals surface area contributed by atoms with Gasteiger partial charge in [-0.3, -0.25) is 0 Å². The minimum absolute atomic E-state index is 0.863. The lowest BCUT2D eigenvalue weighted by molar-refractivity contribution is 0.955. The molecular weight excluding hydrogens is 789 g/mol. The molecule has 65 heavy (non-hydrogen) atoms. The summed E-state index contributed by atoms with van der Waals surface area (Å²) in [6.07, 6.45) is 1.78. The molecule has 9 aromatic rings. The van der Waals surface area contributed by atoms with Gasteiger partial charge in [0.2, 0.25) is 0 Å². The molecule has 0 fully saturated rings. The highest BCUT2D eigenvalue weighted by atomic mass is 14.8. The van der Waals surface area contributed by atoms with E-state index < -0.39 is 0 Å². The highest BCUT2D eigenvalue weighted by molar-refractivity contribution is 5.86. The summed E-state index contributed by atoms with van der Waals surface area (Å²) < 4.78 is 0. The summed E-state index contributed by atoms with van der Waals surface area (Å²) in [5.74, 6) is 0. The van der Waals surface area contributed by atoms with Crippen LogP contribution in [0.1, 0.15) is 106 Å². The average molecular weight is 847 g/mol. The molecule has 4 N–H and O–H groups in total. The quantitative estimate of drug-likeness (QED) is 0.124. The number of aromatic amines is 4. The third-order valence-electron chi connectivity index (χ3n) is 12.9. The molecule has 0 aliphatic carbocycles. The normalized spacial score (nSPS) is 12.7. The summed E-state index contributed by atoms with van der Waals surface area (Å²) in [4.78, 5) is 16.3. The van der Waals surface area contributed by atoms with Gasteiger partial charge in [-0.2, -0.15) is 0 Å². The van der Waals surface area contributed by atoms with Gasteiger partial charge < -0.3 is 19.9 Å². The second-order valence-corrected chi connectivity index (χ2v) is 18.9. The molecule has 0 amide bonds. The van der Waals surface area contributed by atoms with E-state index in [9.17, 15) is 0 Å². The molecule has 0 radical (unpaired) electrons. The zero-order chi connectivity index (χ0) is 45.1. The molecule has 0 atom stereocenters. The third-order valence-corrected chi connectivity index (χ3v) is 12.9. The van der Waals surface area contributed by atoms with Crippen molar-refractivity contribution in [3.63, 3.8) is 0 Å². The van der Waals surface area contributed by atoms with Crippen molar-refractivity contribution in [1.29, 1.82) is 0 Å². The number of aromatic nitrogens is 4. The Morgan fingerprint density at radius 3 is 1.03 bits per heavy atom. The number of rotatable bonds is 7. The molecule has 322 valence electrons. The first-order valence-electron chi connectivity index (χ1n) is 23.0. The predicted octanol–water partition coefficient (Wildman–Crippen LogP) is 10.9. The van der Waals surface area contributed by atoms with Crippen molar-refractivity contribution >= 4 is 22.3 Å². The molecule has 5 heterocycles. The van der Waals surface area contributed by atoms with Gasteiger partial charge in [0, 0.05) is 60.8 Å². The van der Waals surface area contributed by atoms with Crippen LogP contribution >= 0.6 is 0 Å². The molecule has 4 heteroatoms. The first-order valence-corrected chi connectivity index (χ1v) is 23.0. The van der Waals surface area contributed by atoms with Crippen molar-refractivity contribution in [3.05, 3.63) is 267 Å². The minimum Gasteiger partial charge on any atom is -0.354 e. The molecule has 10 rings (SSSR count). The van der Waals surface area contributed by atoms with Crippen molar-refractivity contribution in [3.8, 4) is 0 Å². The van der Waals surface area contributed by atoms with Gasteiger partial charge in [0.05, 0.1) is 5.69 Å². The van der Waals surface area contributed by atoms with E-state index in [0.29, 0.717) is 0 Å². The topological polar surface area (TPSA) is 63.2 Å². The minimum atomic E-state index is 0.863. The Morgan fingerprint density at radius 1 is 0.277 bits per heavy atom.